The van der Waals surface area contributed by atoms with Crippen molar-refractivity contribution >= 4 is 11.8 Å². The smallest absolute Gasteiger partial charge is 0.410 e. The molecule has 6 atom stereocenters. The van der Waals surface area contributed by atoms with Crippen LogP contribution in [0, 0.1) is 24.7 Å². The van der Waals surface area contributed by atoms with Crippen LogP contribution in [0.25, 0.3) is 0 Å². The number of ether oxygens (including phenoxy) is 5. The monoisotopic (exact) mass is 841 g/mol. The number of amides is 1. The average Bonchev–Trinajstić information content (AvgIpc) is 3.27. The van der Waals surface area contributed by atoms with E-state index in [2.05, 4.69) is 23.7 Å². The second-order valence-electron chi connectivity index (χ2n) is 15.8. The van der Waals surface area contributed by atoms with Gasteiger partial charge < -0.3 is 43.8 Å². The van der Waals surface area contributed by atoms with Gasteiger partial charge in [0, 0.05) is 43.4 Å². The quantitative estimate of drug-likeness (QED) is 0.0473. The molecule has 2 aliphatic carbocycles. The molecule has 1 fully saturated rings. The zero-order valence-corrected chi connectivity index (χ0v) is 35.7. The molecule has 0 saturated heterocycles. The van der Waals surface area contributed by atoms with Crippen LogP contribution in [-0.4, -0.2) is 102 Å². The van der Waals surface area contributed by atoms with E-state index >= 15 is 0 Å². The third-order valence-electron chi connectivity index (χ3n) is 11.8. The Morgan fingerprint density at radius 1 is 0.984 bits per heavy atom. The minimum Gasteiger partial charge on any atom is -0.487 e. The van der Waals surface area contributed by atoms with Gasteiger partial charge in [-0.1, -0.05) is 66.5 Å². The van der Waals surface area contributed by atoms with Gasteiger partial charge >= 0.3 is 6.09 Å². The number of hydrogen-bond donors (Lipinski definition) is 3. The number of unbranched alkanes of at least 4 members (excludes halogenated alkanes) is 2. The fraction of sp³-hybridized carbons (Fsp3) is 0.521. The molecule has 2 heterocycles. The standard InChI is InChI=1S/C48H63N3O10/c1-4-26-59-48-44(51(47(55)57-5-2)22-27-56-28-25-54)31-42(50-60-32-35-15-7-6-8-16-35)40-29-36(17-9-11-23-52)39(19-10-12-24-53)45(46(40)48)41-30-38(20-21-43(41)61-48)58-33-37-18-13-14-34(3)49-37/h4,6-8,13-16,18,20-21,29-30,36,39,44-46,52-54H,1,5,9-12,17,19,22-28,31-33H2,2-3H3/t36-,39+,44-,45+,46+,48+/m0/s1. The van der Waals surface area contributed by atoms with Gasteiger partial charge in [0.15, 0.2) is 0 Å². The van der Waals surface area contributed by atoms with Crippen LogP contribution in [0.2, 0.25) is 0 Å². The van der Waals surface area contributed by atoms with Crippen molar-refractivity contribution in [1.29, 1.82) is 0 Å². The molecule has 61 heavy (non-hydrogen) atoms. The number of aromatic nitrogens is 1. The third-order valence-corrected chi connectivity index (χ3v) is 11.8. The van der Waals surface area contributed by atoms with Gasteiger partial charge in [0.1, 0.15) is 30.8 Å². The molecule has 1 amide bonds. The third kappa shape index (κ3) is 11.2. The molecular formula is C48H63N3O10. The number of allylic oxidation sites excluding steroid dienone is 1. The van der Waals surface area contributed by atoms with Crippen LogP contribution in [0.4, 0.5) is 4.79 Å². The molecule has 13 heteroatoms. The minimum atomic E-state index is -1.46. The first-order valence-electron chi connectivity index (χ1n) is 21.8. The number of aliphatic hydroxyl groups excluding tert-OH is 3. The Kier molecular flexibility index (Phi) is 17.2. The van der Waals surface area contributed by atoms with Gasteiger partial charge in [0.05, 0.1) is 50.4 Å². The zero-order chi connectivity index (χ0) is 43.0. The van der Waals surface area contributed by atoms with Crippen LogP contribution in [0.3, 0.4) is 0 Å². The maximum Gasteiger partial charge on any atom is 0.410 e. The maximum absolute atomic E-state index is 14.2. The lowest BCUT2D eigenvalue weighted by molar-refractivity contribution is -0.256. The summed E-state index contributed by atoms with van der Waals surface area (Å²) >= 11 is 0. The van der Waals surface area contributed by atoms with Crippen molar-refractivity contribution in [2.75, 3.05) is 52.8 Å². The predicted octanol–water partition coefficient (Wildman–Crippen LogP) is 7.27. The summed E-state index contributed by atoms with van der Waals surface area (Å²) in [4.78, 5) is 26.6. The number of oxime groups is 1. The highest BCUT2D eigenvalue weighted by Gasteiger charge is 2.65. The number of aryl methyl sites for hydroxylation is 1. The molecule has 6 rings (SSSR count). The molecule has 2 aromatic carbocycles. The lowest BCUT2D eigenvalue weighted by Gasteiger charge is -2.59. The van der Waals surface area contributed by atoms with Crippen molar-refractivity contribution in [3.63, 3.8) is 0 Å². The number of aliphatic hydroxyl groups is 3. The molecule has 0 unspecified atom stereocenters. The SMILES string of the molecule is C=CCO[C@@]12Oc3ccc(OCc4cccc(C)n4)cc3[C@H]3[C@H](CCCCO)[C@@H](CCCCO)C=C(C(=NOCc4ccccc4)C[C@@H]1N(CCOCCO)C(=O)OCC)[C@H]32. The Morgan fingerprint density at radius 2 is 1.79 bits per heavy atom. The molecule has 1 saturated carbocycles. The molecule has 0 radical (unpaired) electrons. The Morgan fingerprint density at radius 3 is 2.52 bits per heavy atom. The Labute approximate surface area is 360 Å². The summed E-state index contributed by atoms with van der Waals surface area (Å²) in [5.41, 5.74) is 5.22. The molecule has 0 spiro atoms. The van der Waals surface area contributed by atoms with Gasteiger partial charge in [0.2, 0.25) is 5.79 Å². The molecule has 3 aliphatic rings. The van der Waals surface area contributed by atoms with E-state index < -0.39 is 23.8 Å². The van der Waals surface area contributed by atoms with Crippen LogP contribution >= 0.6 is 0 Å². The molecule has 1 aromatic heterocycles. The summed E-state index contributed by atoms with van der Waals surface area (Å²) in [6.07, 6.45) is 8.18. The van der Waals surface area contributed by atoms with Crippen molar-refractivity contribution in [2.45, 2.75) is 89.8 Å². The van der Waals surface area contributed by atoms with Crippen molar-refractivity contribution in [1.82, 2.24) is 9.88 Å². The maximum atomic E-state index is 14.2. The normalized spacial score (nSPS) is 23.3. The van der Waals surface area contributed by atoms with Gasteiger partial charge in [-0.25, -0.2) is 4.79 Å². The van der Waals surface area contributed by atoms with Crippen LogP contribution in [0.5, 0.6) is 11.5 Å². The van der Waals surface area contributed by atoms with Crippen LogP contribution in [0.15, 0.2) is 96.2 Å². The largest absolute Gasteiger partial charge is 0.487 e. The molecular weight excluding hydrogens is 779 g/mol. The second-order valence-corrected chi connectivity index (χ2v) is 15.8. The average molecular weight is 842 g/mol. The van der Waals surface area contributed by atoms with Gasteiger partial charge in [-0.2, -0.15) is 0 Å². The fourth-order valence-corrected chi connectivity index (χ4v) is 9.24. The molecule has 330 valence electrons. The fourth-order valence-electron chi connectivity index (χ4n) is 9.24. The highest BCUT2D eigenvalue weighted by atomic mass is 16.7. The minimum absolute atomic E-state index is 0.0382. The Bertz CT molecular complexity index is 1920. The molecule has 3 aromatic rings. The number of hydrogen-bond acceptors (Lipinski definition) is 12. The van der Waals surface area contributed by atoms with E-state index in [0.717, 1.165) is 53.8 Å². The molecule has 0 bridgehead atoms. The number of carbonyl (C=O) groups is 1. The number of fused-ring (bicyclic) bond motifs is 2. The van der Waals surface area contributed by atoms with Crippen molar-refractivity contribution < 1.29 is 48.6 Å². The first-order valence-corrected chi connectivity index (χ1v) is 21.8. The van der Waals surface area contributed by atoms with Crippen LogP contribution < -0.4 is 9.47 Å². The highest BCUT2D eigenvalue weighted by molar-refractivity contribution is 6.03. The van der Waals surface area contributed by atoms with E-state index in [4.69, 9.17) is 33.7 Å². The first-order chi connectivity index (χ1) is 29.9. The van der Waals surface area contributed by atoms with Gasteiger partial charge in [-0.3, -0.25) is 9.88 Å². The first kappa shape index (κ1) is 45.7. The Hall–Kier alpha value is -4.79. The van der Waals surface area contributed by atoms with E-state index in [1.54, 1.807) is 17.9 Å². The van der Waals surface area contributed by atoms with E-state index in [1.165, 1.54) is 0 Å². The zero-order valence-electron chi connectivity index (χ0n) is 35.7. The lowest BCUT2D eigenvalue weighted by atomic mass is 9.55. The van der Waals surface area contributed by atoms with Crippen LogP contribution in [0.1, 0.15) is 80.3 Å². The number of rotatable bonds is 24. The number of pyridine rings is 1. The molecule has 1 aliphatic heterocycles. The Balaban J connectivity index is 1.55. The summed E-state index contributed by atoms with van der Waals surface area (Å²) in [7, 11) is 0. The number of carbonyl (C=O) groups excluding carboxylic acids is 1. The van der Waals surface area contributed by atoms with E-state index in [9.17, 15) is 20.1 Å². The van der Waals surface area contributed by atoms with E-state index in [-0.39, 0.29) is 90.2 Å². The van der Waals surface area contributed by atoms with E-state index in [1.807, 2.05) is 67.6 Å². The summed E-state index contributed by atoms with van der Waals surface area (Å²) in [6.45, 7) is 8.90. The van der Waals surface area contributed by atoms with Crippen molar-refractivity contribution in [3.05, 3.63) is 114 Å². The topological polar surface area (TPSA) is 162 Å². The van der Waals surface area contributed by atoms with Crippen molar-refractivity contribution in [3.8, 4) is 11.5 Å². The summed E-state index contributed by atoms with van der Waals surface area (Å²) in [5, 5.41) is 34.3. The van der Waals surface area contributed by atoms with Gasteiger partial charge in [-0.15, -0.1) is 6.58 Å². The summed E-state index contributed by atoms with van der Waals surface area (Å²) < 4.78 is 32.2. The second kappa shape index (κ2) is 22.9. The number of benzene rings is 2. The summed E-state index contributed by atoms with van der Waals surface area (Å²) in [5.74, 6) is -0.822. The van der Waals surface area contributed by atoms with E-state index in [0.29, 0.717) is 30.1 Å². The van der Waals surface area contributed by atoms with Crippen molar-refractivity contribution in [2.24, 2.45) is 22.9 Å². The van der Waals surface area contributed by atoms with Crippen LogP contribution in [-0.2, 0) is 32.3 Å². The predicted molar refractivity (Wildman–Crippen MR) is 231 cm³/mol. The molecule has 3 N–H and O–H groups in total. The molecule has 13 nitrogen and oxygen atoms in total. The lowest BCUT2D eigenvalue weighted by Crippen LogP contribution is -2.70. The summed E-state index contributed by atoms with van der Waals surface area (Å²) in [6, 6.07) is 20.8. The highest BCUT2D eigenvalue weighted by Crippen LogP contribution is 2.62. The number of nitrogens with zero attached hydrogens (tertiary/aromatic N) is 3. The van der Waals surface area contributed by atoms with Gasteiger partial charge in [-0.05, 0) is 92.8 Å². The van der Waals surface area contributed by atoms with Gasteiger partial charge in [0.25, 0.3) is 0 Å².